The largest absolute Gasteiger partial charge is 0.489 e. The van der Waals surface area contributed by atoms with Gasteiger partial charge in [0.1, 0.15) is 24.7 Å². The van der Waals surface area contributed by atoms with Crippen molar-refractivity contribution in [3.05, 3.63) is 90.1 Å². The van der Waals surface area contributed by atoms with E-state index < -0.39 is 0 Å². The van der Waals surface area contributed by atoms with Crippen molar-refractivity contribution in [2.24, 2.45) is 0 Å². The van der Waals surface area contributed by atoms with Gasteiger partial charge in [-0.15, -0.1) is 11.8 Å². The molecule has 0 radical (unpaired) electrons. The quantitative estimate of drug-likeness (QED) is 0.443. The Bertz CT molecular complexity index is 1260. The summed E-state index contributed by atoms with van der Waals surface area (Å²) < 4.78 is 11.9. The van der Waals surface area contributed by atoms with E-state index in [1.807, 2.05) is 72.8 Å². The average Bonchev–Trinajstić information content (AvgIpc) is 2.81. The van der Waals surface area contributed by atoms with Crippen molar-refractivity contribution >= 4 is 34.3 Å². The van der Waals surface area contributed by atoms with Crippen LogP contribution in [0.25, 0.3) is 10.9 Å². The van der Waals surface area contributed by atoms with Gasteiger partial charge in [-0.1, -0.05) is 36.4 Å². The van der Waals surface area contributed by atoms with Gasteiger partial charge < -0.3 is 14.8 Å². The molecule has 3 aromatic carbocycles. The van der Waals surface area contributed by atoms with Gasteiger partial charge in [0.05, 0.1) is 22.7 Å². The summed E-state index contributed by atoms with van der Waals surface area (Å²) in [6.07, 6.45) is 0. The summed E-state index contributed by atoms with van der Waals surface area (Å²) in [5, 5.41) is 3.99. The van der Waals surface area contributed by atoms with Crippen LogP contribution in [-0.4, -0.2) is 16.6 Å². The highest BCUT2D eigenvalue weighted by molar-refractivity contribution is 8.00. The first-order valence-corrected chi connectivity index (χ1v) is 11.0. The number of thioether (sulfide) groups is 1. The van der Waals surface area contributed by atoms with Crippen LogP contribution >= 0.6 is 11.8 Å². The summed E-state index contributed by atoms with van der Waals surface area (Å²) in [6.45, 7) is 0.837. The molecule has 1 aliphatic heterocycles. The molecule has 154 valence electrons. The van der Waals surface area contributed by atoms with Crippen LogP contribution in [-0.2, 0) is 18.0 Å². The van der Waals surface area contributed by atoms with Gasteiger partial charge in [-0.25, -0.2) is 4.98 Å². The number of anilines is 1. The minimum atomic E-state index is 0.0295. The number of hydrogen-bond acceptors (Lipinski definition) is 5. The third kappa shape index (κ3) is 4.64. The Labute approximate surface area is 184 Å². The molecule has 0 atom stereocenters. The van der Waals surface area contributed by atoms with Crippen molar-refractivity contribution in [1.29, 1.82) is 0 Å². The molecule has 1 aromatic heterocycles. The van der Waals surface area contributed by atoms with E-state index >= 15 is 0 Å². The lowest BCUT2D eigenvalue weighted by Gasteiger charge is -2.17. The lowest BCUT2D eigenvalue weighted by molar-refractivity contribution is -0.113. The van der Waals surface area contributed by atoms with Crippen molar-refractivity contribution in [3.8, 4) is 11.5 Å². The van der Waals surface area contributed by atoms with Crippen LogP contribution in [0.4, 0.5) is 5.69 Å². The van der Waals surface area contributed by atoms with Crippen molar-refractivity contribution in [3.63, 3.8) is 0 Å². The fourth-order valence-corrected chi connectivity index (χ4v) is 4.22. The Morgan fingerprint density at radius 1 is 0.871 bits per heavy atom. The van der Waals surface area contributed by atoms with E-state index in [0.717, 1.165) is 44.2 Å². The first kappa shape index (κ1) is 19.5. The predicted molar refractivity (Wildman–Crippen MR) is 123 cm³/mol. The molecule has 1 N–H and O–H groups in total. The van der Waals surface area contributed by atoms with Gasteiger partial charge in [-0.2, -0.15) is 0 Å². The molecule has 0 spiro atoms. The number of nitrogens with one attached hydrogen (secondary N) is 1. The predicted octanol–water partition coefficient (Wildman–Crippen LogP) is 5.44. The Morgan fingerprint density at radius 2 is 1.74 bits per heavy atom. The first-order chi connectivity index (χ1) is 15.2. The van der Waals surface area contributed by atoms with E-state index in [-0.39, 0.29) is 5.91 Å². The molecule has 2 heterocycles. The maximum atomic E-state index is 11.5. The molecule has 6 heteroatoms. The molecule has 5 rings (SSSR count). The van der Waals surface area contributed by atoms with E-state index in [0.29, 0.717) is 19.0 Å². The second kappa shape index (κ2) is 8.70. The number of rotatable bonds is 6. The zero-order valence-electron chi connectivity index (χ0n) is 16.7. The van der Waals surface area contributed by atoms with Crippen molar-refractivity contribution in [2.45, 2.75) is 18.1 Å². The maximum absolute atomic E-state index is 11.5. The van der Waals surface area contributed by atoms with E-state index in [1.54, 1.807) is 0 Å². The molecule has 0 saturated carbocycles. The highest BCUT2D eigenvalue weighted by Gasteiger charge is 2.15. The van der Waals surface area contributed by atoms with Gasteiger partial charge in [0.2, 0.25) is 5.91 Å². The fourth-order valence-electron chi connectivity index (χ4n) is 3.38. The van der Waals surface area contributed by atoms with E-state index in [4.69, 9.17) is 9.47 Å². The highest BCUT2D eigenvalue weighted by Crippen LogP contribution is 2.34. The Kier molecular flexibility index (Phi) is 5.46. The number of pyridine rings is 1. The molecular weight excluding hydrogens is 408 g/mol. The van der Waals surface area contributed by atoms with Crippen LogP contribution in [0.5, 0.6) is 11.5 Å². The molecule has 0 saturated heterocycles. The highest BCUT2D eigenvalue weighted by atomic mass is 32.2. The molecule has 1 aliphatic rings. The van der Waals surface area contributed by atoms with Crippen LogP contribution in [0.2, 0.25) is 0 Å². The number of aromatic nitrogens is 1. The summed E-state index contributed by atoms with van der Waals surface area (Å²) in [7, 11) is 0. The summed E-state index contributed by atoms with van der Waals surface area (Å²) in [4.78, 5) is 17.2. The second-order valence-electron chi connectivity index (χ2n) is 7.21. The normalized spacial score (nSPS) is 12.8. The Balaban J connectivity index is 1.21. The SMILES string of the molecule is O=C1CSc2cc(OCc3cccc(OCc4ccc5ccccc5n4)c3)ccc2N1. The number of carbonyl (C=O) groups excluding carboxylic acids is 1. The summed E-state index contributed by atoms with van der Waals surface area (Å²) in [6, 6.07) is 25.7. The van der Waals surface area contributed by atoms with Crippen molar-refractivity contribution in [2.75, 3.05) is 11.1 Å². The molecule has 0 aliphatic carbocycles. The van der Waals surface area contributed by atoms with E-state index in [1.165, 1.54) is 11.8 Å². The molecule has 5 nitrogen and oxygen atoms in total. The number of ether oxygens (including phenoxy) is 2. The van der Waals surface area contributed by atoms with Crippen molar-refractivity contribution in [1.82, 2.24) is 4.98 Å². The number of carbonyl (C=O) groups is 1. The monoisotopic (exact) mass is 428 g/mol. The van der Waals surface area contributed by atoms with Crippen LogP contribution < -0.4 is 14.8 Å². The summed E-state index contributed by atoms with van der Waals surface area (Å²) in [5.74, 6) is 2.01. The van der Waals surface area contributed by atoms with E-state index in [9.17, 15) is 4.79 Å². The fraction of sp³-hybridized carbons (Fsp3) is 0.120. The lowest BCUT2D eigenvalue weighted by Crippen LogP contribution is -2.18. The molecule has 1 amide bonds. The number of para-hydroxylation sites is 1. The number of fused-ring (bicyclic) bond motifs is 2. The first-order valence-electron chi connectivity index (χ1n) is 9.99. The molecule has 4 aromatic rings. The zero-order valence-corrected chi connectivity index (χ0v) is 17.5. The minimum Gasteiger partial charge on any atom is -0.489 e. The Morgan fingerprint density at radius 3 is 2.71 bits per heavy atom. The van der Waals surface area contributed by atoms with Gasteiger partial charge in [0, 0.05) is 10.3 Å². The smallest absolute Gasteiger partial charge is 0.234 e. The van der Waals surface area contributed by atoms with E-state index in [2.05, 4.69) is 16.4 Å². The minimum absolute atomic E-state index is 0.0295. The third-order valence-corrected chi connectivity index (χ3v) is 5.99. The van der Waals surface area contributed by atoms with Crippen LogP contribution in [0.3, 0.4) is 0 Å². The number of hydrogen-bond donors (Lipinski definition) is 1. The van der Waals surface area contributed by atoms with Crippen molar-refractivity contribution < 1.29 is 14.3 Å². The van der Waals surface area contributed by atoms with Gasteiger partial charge in [-0.3, -0.25) is 4.79 Å². The van der Waals surface area contributed by atoms with Crippen LogP contribution in [0, 0.1) is 0 Å². The second-order valence-corrected chi connectivity index (χ2v) is 8.23. The summed E-state index contributed by atoms with van der Waals surface area (Å²) >= 11 is 1.52. The molecular formula is C25H20N2O3S. The van der Waals surface area contributed by atoms with Crippen LogP contribution in [0.1, 0.15) is 11.3 Å². The van der Waals surface area contributed by atoms with Gasteiger partial charge in [0.25, 0.3) is 0 Å². The van der Waals surface area contributed by atoms with Gasteiger partial charge in [-0.05, 0) is 48.0 Å². The number of amides is 1. The maximum Gasteiger partial charge on any atom is 0.234 e. The van der Waals surface area contributed by atoms with Gasteiger partial charge in [0.15, 0.2) is 0 Å². The third-order valence-electron chi connectivity index (χ3n) is 4.93. The molecule has 31 heavy (non-hydrogen) atoms. The Hall–Kier alpha value is -3.51. The van der Waals surface area contributed by atoms with Gasteiger partial charge >= 0.3 is 0 Å². The molecule has 0 unspecified atom stereocenters. The van der Waals surface area contributed by atoms with Crippen LogP contribution in [0.15, 0.2) is 83.8 Å². The molecule has 0 fully saturated rings. The zero-order chi connectivity index (χ0) is 21.0. The number of nitrogens with zero attached hydrogens (tertiary/aromatic N) is 1. The average molecular weight is 429 g/mol. The lowest BCUT2D eigenvalue weighted by atomic mass is 10.2. The standard InChI is InChI=1S/C25H20N2O3S/c28-25-16-31-24-13-21(10-11-23(24)27-25)29-14-17-4-3-6-20(12-17)30-15-19-9-8-18-5-1-2-7-22(18)26-19/h1-13H,14-16H2,(H,27,28). The summed E-state index contributed by atoms with van der Waals surface area (Å²) in [5.41, 5.74) is 3.71. The molecule has 0 bridgehead atoms. The topological polar surface area (TPSA) is 60.5 Å². The number of benzene rings is 3.